The number of hydrogen-bond acceptors (Lipinski definition) is 6. The average Bonchev–Trinajstić information content (AvgIpc) is 3.23. The van der Waals surface area contributed by atoms with Crippen molar-refractivity contribution < 1.29 is 4.42 Å². The molecule has 0 bridgehead atoms. The van der Waals surface area contributed by atoms with Crippen LogP contribution >= 0.6 is 22.7 Å². The second kappa shape index (κ2) is 5.19. The molecule has 0 aliphatic carbocycles. The van der Waals surface area contributed by atoms with Gasteiger partial charge in [0.2, 0.25) is 5.89 Å². The lowest BCUT2D eigenvalue weighted by atomic mass is 10.3. The van der Waals surface area contributed by atoms with Gasteiger partial charge in [-0.25, -0.2) is 9.97 Å². The molecule has 4 heterocycles. The second-order valence-corrected chi connectivity index (χ2v) is 6.53. The molecule has 0 radical (unpaired) electrons. The molecule has 0 aromatic carbocycles. The Kier molecular flexibility index (Phi) is 3.16. The third kappa shape index (κ3) is 2.18. The van der Waals surface area contributed by atoms with Crippen LogP contribution in [0, 0.1) is 6.92 Å². The van der Waals surface area contributed by atoms with Crippen LogP contribution in [0.5, 0.6) is 0 Å². The molecule has 0 spiro atoms. The standard InChI is InChI=1S/C15H11N3O2S2/c1-9-12(17-13(20-9)10-2-4-21-7-10)6-18-8-16-14-11(15(18)19)3-5-22-14/h2-5,7-8H,6H2,1H3. The summed E-state index contributed by atoms with van der Waals surface area (Å²) in [6.07, 6.45) is 1.57. The first-order valence-electron chi connectivity index (χ1n) is 6.64. The van der Waals surface area contributed by atoms with Crippen LogP contribution in [0.3, 0.4) is 0 Å². The summed E-state index contributed by atoms with van der Waals surface area (Å²) in [5, 5.41) is 6.49. The van der Waals surface area contributed by atoms with Gasteiger partial charge in [-0.1, -0.05) is 0 Å². The van der Waals surface area contributed by atoms with Crippen LogP contribution < -0.4 is 5.56 Å². The molecule has 0 unspecified atom stereocenters. The molecule has 4 aromatic heterocycles. The van der Waals surface area contributed by atoms with Gasteiger partial charge in [-0.2, -0.15) is 11.3 Å². The van der Waals surface area contributed by atoms with E-state index in [4.69, 9.17) is 4.42 Å². The van der Waals surface area contributed by atoms with Crippen LogP contribution in [-0.2, 0) is 6.54 Å². The lowest BCUT2D eigenvalue weighted by molar-refractivity contribution is 0.537. The fourth-order valence-corrected chi connectivity index (χ4v) is 3.60. The van der Waals surface area contributed by atoms with E-state index in [1.807, 2.05) is 29.1 Å². The molecule has 110 valence electrons. The molecule has 5 nitrogen and oxygen atoms in total. The van der Waals surface area contributed by atoms with E-state index in [0.717, 1.165) is 21.8 Å². The van der Waals surface area contributed by atoms with E-state index in [-0.39, 0.29) is 5.56 Å². The Morgan fingerprint density at radius 2 is 2.23 bits per heavy atom. The van der Waals surface area contributed by atoms with E-state index in [1.165, 1.54) is 11.3 Å². The van der Waals surface area contributed by atoms with Crippen molar-refractivity contribution in [2.45, 2.75) is 13.5 Å². The lowest BCUT2D eigenvalue weighted by Gasteiger charge is -2.02. The molecule has 0 aliphatic heterocycles. The summed E-state index contributed by atoms with van der Waals surface area (Å²) in [7, 11) is 0. The Balaban J connectivity index is 1.73. The van der Waals surface area contributed by atoms with Crippen molar-refractivity contribution in [2.75, 3.05) is 0 Å². The number of hydrogen-bond donors (Lipinski definition) is 0. The number of aryl methyl sites for hydroxylation is 1. The largest absolute Gasteiger partial charge is 0.441 e. The molecule has 0 saturated carbocycles. The Morgan fingerprint density at radius 1 is 1.32 bits per heavy atom. The lowest BCUT2D eigenvalue weighted by Crippen LogP contribution is -2.20. The topological polar surface area (TPSA) is 60.9 Å². The zero-order chi connectivity index (χ0) is 15.1. The fraction of sp³-hybridized carbons (Fsp3) is 0.133. The molecule has 0 N–H and O–H groups in total. The van der Waals surface area contributed by atoms with E-state index in [2.05, 4.69) is 9.97 Å². The van der Waals surface area contributed by atoms with Gasteiger partial charge in [0.15, 0.2) is 0 Å². The zero-order valence-electron chi connectivity index (χ0n) is 11.6. The number of aromatic nitrogens is 3. The number of thiophene rings is 2. The highest BCUT2D eigenvalue weighted by atomic mass is 32.1. The Hall–Kier alpha value is -2.25. The molecule has 0 atom stereocenters. The molecule has 4 rings (SSSR count). The number of oxazole rings is 1. The van der Waals surface area contributed by atoms with Crippen molar-refractivity contribution in [3.63, 3.8) is 0 Å². The third-order valence-corrected chi connectivity index (χ3v) is 4.94. The number of fused-ring (bicyclic) bond motifs is 1. The van der Waals surface area contributed by atoms with Crippen LogP contribution in [-0.4, -0.2) is 14.5 Å². The summed E-state index contributed by atoms with van der Waals surface area (Å²) in [6.45, 7) is 2.22. The minimum absolute atomic E-state index is 0.0502. The smallest absolute Gasteiger partial charge is 0.262 e. The van der Waals surface area contributed by atoms with Crippen LogP contribution in [0.2, 0.25) is 0 Å². The number of nitrogens with zero attached hydrogens (tertiary/aromatic N) is 3. The molecule has 0 aliphatic rings. The van der Waals surface area contributed by atoms with Gasteiger partial charge in [-0.05, 0) is 29.8 Å². The van der Waals surface area contributed by atoms with Crippen molar-refractivity contribution in [3.05, 3.63) is 56.4 Å². The first-order chi connectivity index (χ1) is 10.7. The van der Waals surface area contributed by atoms with Crippen molar-refractivity contribution in [2.24, 2.45) is 0 Å². The van der Waals surface area contributed by atoms with Gasteiger partial charge >= 0.3 is 0 Å². The average molecular weight is 329 g/mol. The monoisotopic (exact) mass is 329 g/mol. The first kappa shape index (κ1) is 13.4. The third-order valence-electron chi connectivity index (χ3n) is 3.43. The maximum Gasteiger partial charge on any atom is 0.262 e. The minimum Gasteiger partial charge on any atom is -0.441 e. The Bertz CT molecular complexity index is 996. The summed E-state index contributed by atoms with van der Waals surface area (Å²) in [6, 6.07) is 3.77. The summed E-state index contributed by atoms with van der Waals surface area (Å²) in [5.74, 6) is 1.31. The second-order valence-electron chi connectivity index (χ2n) is 4.85. The molecular weight excluding hydrogens is 318 g/mol. The molecule has 4 aromatic rings. The van der Waals surface area contributed by atoms with Gasteiger partial charge in [0, 0.05) is 10.9 Å². The van der Waals surface area contributed by atoms with Crippen LogP contribution in [0.1, 0.15) is 11.5 Å². The highest BCUT2D eigenvalue weighted by Crippen LogP contribution is 2.24. The van der Waals surface area contributed by atoms with Gasteiger partial charge in [0.25, 0.3) is 5.56 Å². The summed E-state index contributed by atoms with van der Waals surface area (Å²) in [4.78, 5) is 22.0. The van der Waals surface area contributed by atoms with Crippen LogP contribution in [0.25, 0.3) is 21.7 Å². The highest BCUT2D eigenvalue weighted by Gasteiger charge is 2.14. The highest BCUT2D eigenvalue weighted by molar-refractivity contribution is 7.16. The van der Waals surface area contributed by atoms with E-state index >= 15 is 0 Å². The van der Waals surface area contributed by atoms with E-state index in [1.54, 1.807) is 28.3 Å². The van der Waals surface area contributed by atoms with E-state index in [9.17, 15) is 4.79 Å². The fourth-order valence-electron chi connectivity index (χ4n) is 2.25. The quantitative estimate of drug-likeness (QED) is 0.577. The molecule has 0 fully saturated rings. The van der Waals surface area contributed by atoms with Gasteiger partial charge in [-0.3, -0.25) is 9.36 Å². The van der Waals surface area contributed by atoms with Crippen molar-refractivity contribution in [1.29, 1.82) is 0 Å². The van der Waals surface area contributed by atoms with Gasteiger partial charge in [0.05, 0.1) is 18.3 Å². The van der Waals surface area contributed by atoms with Crippen LogP contribution in [0.15, 0.2) is 43.8 Å². The predicted octanol–water partition coefficient (Wildman–Crippen LogP) is 3.53. The number of rotatable bonds is 3. The zero-order valence-corrected chi connectivity index (χ0v) is 13.3. The van der Waals surface area contributed by atoms with Crippen molar-refractivity contribution in [3.8, 4) is 11.5 Å². The molecular formula is C15H11N3O2S2. The van der Waals surface area contributed by atoms with Gasteiger partial charge in [-0.15, -0.1) is 11.3 Å². The molecule has 7 heteroatoms. The Labute approximate surface area is 133 Å². The van der Waals surface area contributed by atoms with Crippen LogP contribution in [0.4, 0.5) is 0 Å². The van der Waals surface area contributed by atoms with Crippen molar-refractivity contribution >= 4 is 32.9 Å². The first-order valence-corrected chi connectivity index (χ1v) is 8.46. The van der Waals surface area contributed by atoms with E-state index < -0.39 is 0 Å². The van der Waals surface area contributed by atoms with Crippen molar-refractivity contribution in [1.82, 2.24) is 14.5 Å². The maximum atomic E-state index is 12.4. The summed E-state index contributed by atoms with van der Waals surface area (Å²) >= 11 is 3.06. The minimum atomic E-state index is -0.0502. The Morgan fingerprint density at radius 3 is 3.05 bits per heavy atom. The predicted molar refractivity (Wildman–Crippen MR) is 87.5 cm³/mol. The molecule has 0 amide bonds. The maximum absolute atomic E-state index is 12.4. The SMILES string of the molecule is Cc1oc(-c2ccsc2)nc1Cn1cnc2sccc2c1=O. The van der Waals surface area contributed by atoms with E-state index in [0.29, 0.717) is 17.8 Å². The molecule has 0 saturated heterocycles. The molecule has 22 heavy (non-hydrogen) atoms. The summed E-state index contributed by atoms with van der Waals surface area (Å²) < 4.78 is 7.27. The van der Waals surface area contributed by atoms with Gasteiger partial charge < -0.3 is 4.42 Å². The summed E-state index contributed by atoms with van der Waals surface area (Å²) in [5.41, 5.74) is 1.66. The van der Waals surface area contributed by atoms with Gasteiger partial charge in [0.1, 0.15) is 16.3 Å². The normalized spacial score (nSPS) is 11.3.